The van der Waals surface area contributed by atoms with Crippen molar-refractivity contribution >= 4 is 5.91 Å². The highest BCUT2D eigenvalue weighted by molar-refractivity contribution is 5.76. The Bertz CT molecular complexity index is 382. The van der Waals surface area contributed by atoms with Gasteiger partial charge < -0.3 is 4.90 Å². The first-order chi connectivity index (χ1) is 8.15. The van der Waals surface area contributed by atoms with Gasteiger partial charge in [-0.25, -0.2) is 4.98 Å². The molecule has 5 heteroatoms. The van der Waals surface area contributed by atoms with Crippen molar-refractivity contribution in [3.63, 3.8) is 0 Å². The van der Waals surface area contributed by atoms with Crippen LogP contribution in [-0.4, -0.2) is 33.0 Å². The van der Waals surface area contributed by atoms with Gasteiger partial charge in [0.1, 0.15) is 5.82 Å². The number of nitrogens with one attached hydrogen (secondary N) is 1. The molecular weight excluding hydrogens is 216 g/mol. The highest BCUT2D eigenvalue weighted by Crippen LogP contribution is 2.27. The zero-order chi connectivity index (χ0) is 12.3. The maximum absolute atomic E-state index is 12.0. The van der Waals surface area contributed by atoms with Crippen LogP contribution >= 0.6 is 0 Å². The van der Waals surface area contributed by atoms with E-state index in [1.807, 2.05) is 14.0 Å². The van der Waals surface area contributed by atoms with Gasteiger partial charge in [0.05, 0.1) is 6.54 Å². The topological polar surface area (TPSA) is 61.9 Å². The van der Waals surface area contributed by atoms with Gasteiger partial charge in [0.2, 0.25) is 5.91 Å². The number of H-pyrrole nitrogens is 1. The van der Waals surface area contributed by atoms with Gasteiger partial charge in [0.25, 0.3) is 0 Å². The van der Waals surface area contributed by atoms with Crippen molar-refractivity contribution in [3.8, 4) is 0 Å². The van der Waals surface area contributed by atoms with Crippen LogP contribution in [0.5, 0.6) is 0 Å². The number of nitrogens with zero attached hydrogens (tertiary/aromatic N) is 3. The molecule has 0 unspecified atom stereocenters. The Morgan fingerprint density at radius 3 is 2.76 bits per heavy atom. The quantitative estimate of drug-likeness (QED) is 0.864. The Labute approximate surface area is 102 Å². The van der Waals surface area contributed by atoms with Crippen LogP contribution in [0.1, 0.15) is 43.8 Å². The minimum atomic E-state index is 0.208. The fourth-order valence-electron chi connectivity index (χ4n) is 2.38. The molecule has 1 amide bonds. The molecule has 1 saturated carbocycles. The normalized spacial score (nSPS) is 16.4. The fraction of sp³-hybridized carbons (Fsp3) is 0.750. The van der Waals surface area contributed by atoms with E-state index in [2.05, 4.69) is 15.2 Å². The molecule has 0 radical (unpaired) electrons. The monoisotopic (exact) mass is 236 g/mol. The third-order valence-electron chi connectivity index (χ3n) is 3.39. The first-order valence-corrected chi connectivity index (χ1v) is 6.27. The Balaban J connectivity index is 1.82. The Hall–Kier alpha value is -1.39. The van der Waals surface area contributed by atoms with Crippen molar-refractivity contribution in [2.75, 3.05) is 7.05 Å². The van der Waals surface area contributed by atoms with Gasteiger partial charge in [-0.15, -0.1) is 0 Å². The average molecular weight is 236 g/mol. The van der Waals surface area contributed by atoms with Gasteiger partial charge in [-0.05, 0) is 25.7 Å². The largest absolute Gasteiger partial charge is 0.338 e. The van der Waals surface area contributed by atoms with E-state index < -0.39 is 0 Å². The molecule has 1 aromatic heterocycles. The molecule has 0 aromatic carbocycles. The predicted octanol–water partition coefficient (Wildman–Crippen LogP) is 1.65. The summed E-state index contributed by atoms with van der Waals surface area (Å²) in [7, 11) is 1.82. The first kappa shape index (κ1) is 12.1. The van der Waals surface area contributed by atoms with Crippen LogP contribution in [-0.2, 0) is 11.3 Å². The van der Waals surface area contributed by atoms with Gasteiger partial charge in [0.15, 0.2) is 5.82 Å². The Morgan fingerprint density at radius 2 is 2.18 bits per heavy atom. The van der Waals surface area contributed by atoms with E-state index in [4.69, 9.17) is 0 Å². The van der Waals surface area contributed by atoms with Gasteiger partial charge >= 0.3 is 0 Å². The average Bonchev–Trinajstić information content (AvgIpc) is 2.90. The Kier molecular flexibility index (Phi) is 3.76. The summed E-state index contributed by atoms with van der Waals surface area (Å²) >= 11 is 0. The summed E-state index contributed by atoms with van der Waals surface area (Å²) in [6.07, 6.45) is 5.65. The number of amides is 1. The van der Waals surface area contributed by atoms with Crippen molar-refractivity contribution in [1.29, 1.82) is 0 Å². The van der Waals surface area contributed by atoms with Crippen molar-refractivity contribution < 1.29 is 4.79 Å². The van der Waals surface area contributed by atoms with Crippen LogP contribution in [0.3, 0.4) is 0 Å². The number of aromatic amines is 1. The van der Waals surface area contributed by atoms with Gasteiger partial charge in [-0.1, -0.05) is 12.8 Å². The standard InChI is InChI=1S/C12H20N4O/c1-9-13-11(15-14-9)8-16(2)12(17)7-10-5-3-4-6-10/h10H,3-8H2,1-2H3,(H,13,14,15). The molecule has 94 valence electrons. The van der Waals surface area contributed by atoms with Crippen molar-refractivity contribution in [1.82, 2.24) is 20.1 Å². The molecular formula is C12H20N4O. The molecule has 5 nitrogen and oxygen atoms in total. The summed E-state index contributed by atoms with van der Waals surface area (Å²) in [5.74, 6) is 2.28. The molecule has 0 atom stereocenters. The molecule has 1 heterocycles. The lowest BCUT2D eigenvalue weighted by Gasteiger charge is -2.17. The number of hydrogen-bond donors (Lipinski definition) is 1. The second-order valence-electron chi connectivity index (χ2n) is 4.94. The molecule has 1 fully saturated rings. The van der Waals surface area contributed by atoms with Crippen LogP contribution < -0.4 is 0 Å². The number of hydrogen-bond acceptors (Lipinski definition) is 3. The van der Waals surface area contributed by atoms with Gasteiger partial charge in [-0.3, -0.25) is 9.89 Å². The minimum Gasteiger partial charge on any atom is -0.338 e. The molecule has 1 aliphatic carbocycles. The summed E-state index contributed by atoms with van der Waals surface area (Å²) in [6.45, 7) is 2.35. The van der Waals surface area contributed by atoms with Gasteiger partial charge in [0, 0.05) is 13.5 Å². The summed E-state index contributed by atoms with van der Waals surface area (Å²) in [5.41, 5.74) is 0. The van der Waals surface area contributed by atoms with Crippen molar-refractivity contribution in [2.45, 2.75) is 45.6 Å². The highest BCUT2D eigenvalue weighted by atomic mass is 16.2. The summed E-state index contributed by atoms with van der Waals surface area (Å²) in [5, 5.41) is 6.83. The molecule has 17 heavy (non-hydrogen) atoms. The summed E-state index contributed by atoms with van der Waals surface area (Å²) < 4.78 is 0. The van der Waals surface area contributed by atoms with Crippen LogP contribution in [0.15, 0.2) is 0 Å². The van der Waals surface area contributed by atoms with E-state index in [1.54, 1.807) is 4.90 Å². The van der Waals surface area contributed by atoms with Crippen LogP contribution in [0.4, 0.5) is 0 Å². The second kappa shape index (κ2) is 5.29. The second-order valence-corrected chi connectivity index (χ2v) is 4.94. The number of aryl methyl sites for hydroxylation is 1. The summed E-state index contributed by atoms with van der Waals surface area (Å²) in [4.78, 5) is 17.9. The van der Waals surface area contributed by atoms with E-state index in [0.717, 1.165) is 5.82 Å². The number of carbonyl (C=O) groups excluding carboxylic acids is 1. The lowest BCUT2D eigenvalue weighted by Crippen LogP contribution is -2.28. The summed E-state index contributed by atoms with van der Waals surface area (Å²) in [6, 6.07) is 0. The smallest absolute Gasteiger partial charge is 0.222 e. The number of rotatable bonds is 4. The van der Waals surface area contributed by atoms with Crippen LogP contribution in [0.25, 0.3) is 0 Å². The molecule has 0 aliphatic heterocycles. The Morgan fingerprint density at radius 1 is 1.47 bits per heavy atom. The first-order valence-electron chi connectivity index (χ1n) is 6.27. The minimum absolute atomic E-state index is 0.208. The lowest BCUT2D eigenvalue weighted by molar-refractivity contribution is -0.131. The van der Waals surface area contributed by atoms with E-state index in [0.29, 0.717) is 24.7 Å². The maximum atomic E-state index is 12.0. The fourth-order valence-corrected chi connectivity index (χ4v) is 2.38. The van der Waals surface area contributed by atoms with Crippen LogP contribution in [0, 0.1) is 12.8 Å². The zero-order valence-corrected chi connectivity index (χ0v) is 10.6. The molecule has 2 rings (SSSR count). The predicted molar refractivity (Wildman–Crippen MR) is 64.2 cm³/mol. The lowest BCUT2D eigenvalue weighted by atomic mass is 10.0. The van der Waals surface area contributed by atoms with E-state index >= 15 is 0 Å². The maximum Gasteiger partial charge on any atom is 0.222 e. The molecule has 0 saturated heterocycles. The molecule has 1 aliphatic rings. The van der Waals surface area contributed by atoms with Crippen LogP contribution in [0.2, 0.25) is 0 Å². The molecule has 0 spiro atoms. The molecule has 1 N–H and O–H groups in total. The van der Waals surface area contributed by atoms with E-state index in [9.17, 15) is 4.79 Å². The number of carbonyl (C=O) groups is 1. The third-order valence-corrected chi connectivity index (χ3v) is 3.39. The highest BCUT2D eigenvalue weighted by Gasteiger charge is 2.20. The van der Waals surface area contributed by atoms with E-state index in [-0.39, 0.29) is 5.91 Å². The zero-order valence-electron chi connectivity index (χ0n) is 10.6. The molecule has 1 aromatic rings. The van der Waals surface area contributed by atoms with Crippen molar-refractivity contribution in [2.24, 2.45) is 5.92 Å². The van der Waals surface area contributed by atoms with E-state index in [1.165, 1.54) is 25.7 Å². The third kappa shape index (κ3) is 3.28. The SMILES string of the molecule is Cc1nc(CN(C)C(=O)CC2CCCC2)n[nH]1. The van der Waals surface area contributed by atoms with Crippen molar-refractivity contribution in [3.05, 3.63) is 11.6 Å². The van der Waals surface area contributed by atoms with Gasteiger partial charge in [-0.2, -0.15) is 5.10 Å². The molecule has 0 bridgehead atoms. The number of aromatic nitrogens is 3.